The van der Waals surface area contributed by atoms with Gasteiger partial charge in [0.05, 0.1) is 28.6 Å². The number of H-pyrrole nitrogens is 1. The molecule has 7 nitrogen and oxygen atoms in total. The van der Waals surface area contributed by atoms with Gasteiger partial charge < -0.3 is 10.1 Å². The number of carbonyl (C=O) groups excluding carboxylic acids is 1. The fourth-order valence-electron chi connectivity index (χ4n) is 2.73. The van der Waals surface area contributed by atoms with Crippen LogP contribution in [0.25, 0.3) is 5.69 Å². The monoisotopic (exact) mass is 488 g/mol. The van der Waals surface area contributed by atoms with Crippen LogP contribution in [0.5, 0.6) is 5.75 Å². The highest BCUT2D eigenvalue weighted by Gasteiger charge is 2.33. The summed E-state index contributed by atoms with van der Waals surface area (Å²) >= 11 is 6.88. The van der Waals surface area contributed by atoms with Gasteiger partial charge in [0.15, 0.2) is 0 Å². The van der Waals surface area contributed by atoms with E-state index < -0.39 is 28.5 Å². The minimum absolute atomic E-state index is 0.0411. The summed E-state index contributed by atoms with van der Waals surface area (Å²) in [5.41, 5.74) is -1.26. The van der Waals surface area contributed by atoms with E-state index in [1.807, 2.05) is 0 Å². The summed E-state index contributed by atoms with van der Waals surface area (Å²) in [7, 11) is 1.52. The average molecular weight is 489 g/mol. The van der Waals surface area contributed by atoms with Crippen LogP contribution >= 0.6 is 23.4 Å². The maximum atomic E-state index is 13.0. The van der Waals surface area contributed by atoms with Gasteiger partial charge in [0, 0.05) is 12.1 Å². The Morgan fingerprint density at radius 2 is 1.97 bits per heavy atom. The van der Waals surface area contributed by atoms with E-state index in [1.54, 1.807) is 31.2 Å². The topological polar surface area (TPSA) is 88.2 Å². The van der Waals surface area contributed by atoms with Crippen LogP contribution in [0, 0.1) is 0 Å². The van der Waals surface area contributed by atoms with Crippen LogP contribution in [0.15, 0.2) is 56.8 Å². The van der Waals surface area contributed by atoms with Gasteiger partial charge in [-0.1, -0.05) is 18.5 Å². The second-order valence-electron chi connectivity index (χ2n) is 6.52. The first-order chi connectivity index (χ1) is 15.1. The van der Waals surface area contributed by atoms with Crippen molar-refractivity contribution in [3.8, 4) is 11.4 Å². The SMILES string of the molecule is CCC(Sc1c(=O)o[nH][n+]1-c1ccc(OC)cc1)C(=O)Nc1cc(C(F)(F)F)ccc1Cl. The summed E-state index contributed by atoms with van der Waals surface area (Å²) in [5.74, 6) is -0.00113. The lowest BCUT2D eigenvalue weighted by Crippen LogP contribution is -2.37. The summed E-state index contributed by atoms with van der Waals surface area (Å²) in [6.07, 6.45) is -4.31. The zero-order valence-corrected chi connectivity index (χ0v) is 18.4. The number of hydrogen-bond acceptors (Lipinski definition) is 5. The number of rotatable bonds is 7. The summed E-state index contributed by atoms with van der Waals surface area (Å²) in [4.78, 5) is 25.0. The fourth-order valence-corrected chi connectivity index (χ4v) is 3.89. The van der Waals surface area contributed by atoms with Gasteiger partial charge in [-0.3, -0.25) is 9.32 Å². The molecule has 2 aromatic carbocycles. The zero-order valence-electron chi connectivity index (χ0n) is 16.8. The van der Waals surface area contributed by atoms with E-state index in [4.69, 9.17) is 20.9 Å². The van der Waals surface area contributed by atoms with Crippen LogP contribution in [-0.4, -0.2) is 23.5 Å². The minimum Gasteiger partial charge on any atom is -0.497 e. The number of anilines is 1. The second-order valence-corrected chi connectivity index (χ2v) is 8.11. The first kappa shape index (κ1) is 23.7. The molecular weight excluding hydrogens is 471 g/mol. The van der Waals surface area contributed by atoms with Crippen molar-refractivity contribution in [3.05, 3.63) is 63.5 Å². The maximum Gasteiger partial charge on any atom is 0.442 e. The lowest BCUT2D eigenvalue weighted by Gasteiger charge is -2.15. The number of nitrogens with zero attached hydrogens (tertiary/aromatic N) is 1. The molecule has 32 heavy (non-hydrogen) atoms. The molecule has 0 fully saturated rings. The van der Waals surface area contributed by atoms with Crippen LogP contribution in [0.2, 0.25) is 5.02 Å². The number of thioether (sulfide) groups is 1. The molecule has 0 aliphatic carbocycles. The number of amides is 1. The number of benzene rings is 2. The third-order valence-corrected chi connectivity index (χ3v) is 6.14. The smallest absolute Gasteiger partial charge is 0.442 e. The van der Waals surface area contributed by atoms with Crippen molar-refractivity contribution in [2.24, 2.45) is 0 Å². The normalized spacial score (nSPS) is 12.4. The van der Waals surface area contributed by atoms with Crippen molar-refractivity contribution >= 4 is 35.0 Å². The number of ether oxygens (including phenoxy) is 1. The van der Waals surface area contributed by atoms with Crippen molar-refractivity contribution < 1.29 is 31.9 Å². The molecule has 1 amide bonds. The first-order valence-electron chi connectivity index (χ1n) is 9.26. The number of nitrogens with one attached hydrogen (secondary N) is 2. The second kappa shape index (κ2) is 9.70. The lowest BCUT2D eigenvalue weighted by molar-refractivity contribution is -0.704. The van der Waals surface area contributed by atoms with E-state index in [1.165, 1.54) is 11.8 Å². The number of methoxy groups -OCH3 is 1. The molecule has 0 radical (unpaired) electrons. The molecule has 1 heterocycles. The van der Waals surface area contributed by atoms with Crippen molar-refractivity contribution in [3.63, 3.8) is 0 Å². The molecule has 3 aromatic rings. The largest absolute Gasteiger partial charge is 0.497 e. The van der Waals surface area contributed by atoms with Gasteiger partial charge in [-0.15, -0.1) is 0 Å². The van der Waals surface area contributed by atoms with Gasteiger partial charge in [-0.05, 0) is 58.5 Å². The Hall–Kier alpha value is -2.92. The molecule has 0 spiro atoms. The van der Waals surface area contributed by atoms with Crippen molar-refractivity contribution in [1.29, 1.82) is 0 Å². The van der Waals surface area contributed by atoms with E-state index in [0.29, 0.717) is 11.4 Å². The molecule has 3 rings (SSSR count). The third-order valence-electron chi connectivity index (χ3n) is 4.41. The molecule has 1 unspecified atom stereocenters. The third kappa shape index (κ3) is 5.28. The Labute approximate surface area is 189 Å². The Kier molecular flexibility index (Phi) is 7.19. The molecule has 1 atom stereocenters. The van der Waals surface area contributed by atoms with Crippen LogP contribution in [0.4, 0.5) is 18.9 Å². The number of halogens is 4. The lowest BCUT2D eigenvalue weighted by atomic mass is 10.2. The quantitative estimate of drug-likeness (QED) is 0.379. The molecule has 0 bridgehead atoms. The van der Waals surface area contributed by atoms with Crippen LogP contribution < -0.4 is 20.4 Å². The minimum atomic E-state index is -4.59. The molecule has 0 saturated carbocycles. The molecule has 0 aliphatic rings. The van der Waals surface area contributed by atoms with Gasteiger partial charge >= 0.3 is 16.8 Å². The molecule has 12 heteroatoms. The van der Waals surface area contributed by atoms with Gasteiger partial charge in [0.25, 0.3) is 0 Å². The van der Waals surface area contributed by atoms with Crippen molar-refractivity contribution in [2.45, 2.75) is 29.8 Å². The van der Waals surface area contributed by atoms with E-state index in [-0.39, 0.29) is 22.2 Å². The summed E-state index contributed by atoms with van der Waals surface area (Å²) < 4.78 is 50.3. The van der Waals surface area contributed by atoms with Crippen molar-refractivity contribution in [2.75, 3.05) is 12.4 Å². The van der Waals surface area contributed by atoms with Gasteiger partial charge in [-0.2, -0.15) is 13.2 Å². The number of aromatic amines is 1. The Morgan fingerprint density at radius 1 is 1.28 bits per heavy atom. The first-order valence-corrected chi connectivity index (χ1v) is 10.5. The zero-order chi connectivity index (χ0) is 23.5. The van der Waals surface area contributed by atoms with Gasteiger partial charge in [0.2, 0.25) is 11.6 Å². The summed E-state index contributed by atoms with van der Waals surface area (Å²) in [6.45, 7) is 1.71. The highest BCUT2D eigenvalue weighted by atomic mass is 35.5. The molecule has 170 valence electrons. The van der Waals surface area contributed by atoms with Gasteiger partial charge in [0.1, 0.15) is 5.75 Å². The molecule has 0 aliphatic heterocycles. The fraction of sp³-hybridized carbons (Fsp3) is 0.250. The standard InChI is InChI=1S/C20H17ClF3N3O4S/c1-3-16(17(28)25-15-10-11(20(22,23)24)4-9-14(15)21)32-18-19(29)31-26-27(18)12-5-7-13(30-2)8-6-12/h4-10,16H,3H2,1-2H3,(H-,25,26,28,29)/p+1. The predicted octanol–water partition coefficient (Wildman–Crippen LogP) is 4.43. The van der Waals surface area contributed by atoms with E-state index >= 15 is 0 Å². The molecule has 1 aromatic heterocycles. The maximum absolute atomic E-state index is 13.0. The Morgan fingerprint density at radius 3 is 2.56 bits per heavy atom. The van der Waals surface area contributed by atoms with Crippen molar-refractivity contribution in [1.82, 2.24) is 5.27 Å². The molecule has 2 N–H and O–H groups in total. The molecular formula is C20H18ClF3N3O4S+. The number of carbonyl (C=O) groups is 1. The van der Waals surface area contributed by atoms with E-state index in [0.717, 1.165) is 30.0 Å². The van der Waals surface area contributed by atoms with Crippen LogP contribution in [0.3, 0.4) is 0 Å². The van der Waals surface area contributed by atoms with Gasteiger partial charge in [-0.25, -0.2) is 4.79 Å². The molecule has 0 saturated heterocycles. The van der Waals surface area contributed by atoms with Crippen LogP contribution in [-0.2, 0) is 11.0 Å². The van der Waals surface area contributed by atoms with E-state index in [9.17, 15) is 22.8 Å². The Bertz CT molecular complexity index is 1160. The number of aromatic nitrogens is 2. The highest BCUT2D eigenvalue weighted by molar-refractivity contribution is 8.00. The number of hydrogen-bond donors (Lipinski definition) is 2. The van der Waals surface area contributed by atoms with E-state index in [2.05, 4.69) is 10.6 Å². The average Bonchev–Trinajstić information content (AvgIpc) is 3.12. The highest BCUT2D eigenvalue weighted by Crippen LogP contribution is 2.34. The summed E-state index contributed by atoms with van der Waals surface area (Å²) in [6, 6.07) is 9.37. The van der Waals surface area contributed by atoms with Crippen LogP contribution in [0.1, 0.15) is 18.9 Å². The summed E-state index contributed by atoms with van der Waals surface area (Å²) in [5, 5.41) is 4.12. The Balaban J connectivity index is 1.84. The number of alkyl halides is 3. The predicted molar refractivity (Wildman–Crippen MR) is 112 cm³/mol.